The molecule has 0 amide bonds. The highest BCUT2D eigenvalue weighted by atomic mass is 32.2. The minimum atomic E-state index is -4.18. The summed E-state index contributed by atoms with van der Waals surface area (Å²) in [5.74, 6) is -0.383. The second kappa shape index (κ2) is 5.95. The summed E-state index contributed by atoms with van der Waals surface area (Å²) >= 11 is 0. The Hall–Kier alpha value is -1.72. The van der Waals surface area contributed by atoms with Crippen LogP contribution in [0.5, 0.6) is 0 Å². The second-order valence-corrected chi connectivity index (χ2v) is 8.71. The number of nitro groups is 1. The number of nitro benzene ring substituents is 1. The van der Waals surface area contributed by atoms with Crippen LogP contribution >= 0.6 is 0 Å². The summed E-state index contributed by atoms with van der Waals surface area (Å²) in [4.78, 5) is 9.55. The van der Waals surface area contributed by atoms with Crippen LogP contribution in [0.1, 0.15) is 0 Å². The number of anilines is 1. The molecule has 1 rings (SSSR count). The molecule has 0 atom stereocenters. The molecule has 0 aliphatic carbocycles. The van der Waals surface area contributed by atoms with Crippen LogP contribution in [0.2, 0.25) is 0 Å². The number of nitrogens with two attached hydrogens (primary N) is 1. The molecule has 0 bridgehead atoms. The highest BCUT2D eigenvalue weighted by molar-refractivity contribution is 7.91. The number of sulfone groups is 1. The lowest BCUT2D eigenvalue weighted by Gasteiger charge is -2.16. The topological polar surface area (TPSA) is 141 Å². The highest BCUT2D eigenvalue weighted by Crippen LogP contribution is 2.28. The van der Waals surface area contributed by atoms with Gasteiger partial charge >= 0.3 is 0 Å². The molecule has 9 nitrogen and oxygen atoms in total. The Morgan fingerprint density at radius 1 is 1.29 bits per heavy atom. The van der Waals surface area contributed by atoms with Crippen LogP contribution in [0.25, 0.3) is 0 Å². The normalized spacial score (nSPS) is 12.5. The van der Waals surface area contributed by atoms with E-state index in [0.717, 1.165) is 29.7 Å². The largest absolute Gasteiger partial charge is 0.399 e. The average molecular weight is 337 g/mol. The summed E-state index contributed by atoms with van der Waals surface area (Å²) < 4.78 is 47.4. The molecule has 0 heterocycles. The quantitative estimate of drug-likeness (QED) is 0.432. The van der Waals surface area contributed by atoms with Gasteiger partial charge in [0.25, 0.3) is 5.69 Å². The smallest absolute Gasteiger partial charge is 0.291 e. The molecular weight excluding hydrogens is 322 g/mol. The number of hydrogen-bond acceptors (Lipinski definition) is 7. The van der Waals surface area contributed by atoms with Crippen molar-refractivity contribution in [2.45, 2.75) is 4.90 Å². The fourth-order valence-corrected chi connectivity index (χ4v) is 3.50. The molecule has 118 valence electrons. The Balaban J connectivity index is 3.22. The third-order valence-corrected chi connectivity index (χ3v) is 5.47. The maximum Gasteiger partial charge on any atom is 0.291 e. The summed E-state index contributed by atoms with van der Waals surface area (Å²) in [5.41, 5.74) is 4.81. The third-order valence-electron chi connectivity index (χ3n) is 2.64. The van der Waals surface area contributed by atoms with Crippen LogP contribution in [0.15, 0.2) is 23.1 Å². The van der Waals surface area contributed by atoms with Gasteiger partial charge in [0.05, 0.1) is 10.7 Å². The molecule has 0 aromatic heterocycles. The van der Waals surface area contributed by atoms with E-state index in [9.17, 15) is 26.9 Å². The summed E-state index contributed by atoms with van der Waals surface area (Å²) in [6, 6.07) is 3.20. The number of hydrogen-bond donors (Lipinski definition) is 1. The first-order valence-corrected chi connectivity index (χ1v) is 9.13. The summed E-state index contributed by atoms with van der Waals surface area (Å²) in [6.07, 6.45) is 0.971. The number of benzene rings is 1. The Labute approximate surface area is 122 Å². The van der Waals surface area contributed by atoms with E-state index in [1.54, 1.807) is 0 Å². The Bertz CT molecular complexity index is 757. The highest BCUT2D eigenvalue weighted by Gasteiger charge is 2.30. The van der Waals surface area contributed by atoms with Crippen molar-refractivity contribution >= 4 is 31.2 Å². The first kappa shape index (κ1) is 17.3. The van der Waals surface area contributed by atoms with E-state index in [0.29, 0.717) is 0 Å². The maximum absolute atomic E-state index is 12.3. The minimum Gasteiger partial charge on any atom is -0.399 e. The van der Waals surface area contributed by atoms with Gasteiger partial charge in [0.2, 0.25) is 10.0 Å². The summed E-state index contributed by atoms with van der Waals surface area (Å²) in [7, 11) is -6.38. The van der Waals surface area contributed by atoms with Gasteiger partial charge in [-0.05, 0) is 12.1 Å². The van der Waals surface area contributed by atoms with Gasteiger partial charge in [0.15, 0.2) is 4.90 Å². The molecule has 0 radical (unpaired) electrons. The van der Waals surface area contributed by atoms with Gasteiger partial charge in [-0.15, -0.1) is 0 Å². The molecule has 1 aromatic rings. The predicted octanol–water partition coefficient (Wildman–Crippen LogP) is -0.158. The van der Waals surface area contributed by atoms with E-state index in [1.165, 1.54) is 6.07 Å². The lowest BCUT2D eigenvalue weighted by atomic mass is 10.3. The maximum atomic E-state index is 12.3. The van der Waals surface area contributed by atoms with E-state index in [-0.39, 0.29) is 18.0 Å². The zero-order chi connectivity index (χ0) is 16.4. The van der Waals surface area contributed by atoms with E-state index < -0.39 is 35.4 Å². The Morgan fingerprint density at radius 2 is 1.86 bits per heavy atom. The summed E-state index contributed by atoms with van der Waals surface area (Å²) in [5, 5.41) is 10.9. The van der Waals surface area contributed by atoms with Gasteiger partial charge in [0.1, 0.15) is 9.84 Å². The van der Waals surface area contributed by atoms with E-state index in [4.69, 9.17) is 5.73 Å². The van der Waals surface area contributed by atoms with Crippen molar-refractivity contribution in [3.05, 3.63) is 28.3 Å². The van der Waals surface area contributed by atoms with Crippen LogP contribution < -0.4 is 5.73 Å². The van der Waals surface area contributed by atoms with E-state index in [1.807, 2.05) is 0 Å². The van der Waals surface area contributed by atoms with Crippen molar-refractivity contribution in [3.8, 4) is 0 Å². The monoisotopic (exact) mass is 337 g/mol. The Morgan fingerprint density at radius 3 is 2.33 bits per heavy atom. The van der Waals surface area contributed by atoms with Gasteiger partial charge < -0.3 is 5.73 Å². The van der Waals surface area contributed by atoms with Crippen molar-refractivity contribution in [1.82, 2.24) is 4.31 Å². The standard InChI is InChI=1S/C10H15N3O6S2/c1-12(5-6-20(2,16)17)21(18,19)10-4-3-8(11)7-9(10)13(14)15/h3-4,7H,5-6,11H2,1-2H3. The van der Waals surface area contributed by atoms with Crippen LogP contribution in [0.4, 0.5) is 11.4 Å². The molecular formula is C10H15N3O6S2. The molecule has 1 aromatic carbocycles. The molecule has 11 heteroatoms. The van der Waals surface area contributed by atoms with Crippen LogP contribution in [0.3, 0.4) is 0 Å². The number of nitrogen functional groups attached to an aromatic ring is 1. The van der Waals surface area contributed by atoms with Gasteiger partial charge in [-0.25, -0.2) is 16.8 Å². The zero-order valence-corrected chi connectivity index (χ0v) is 13.0. The average Bonchev–Trinajstić information content (AvgIpc) is 2.34. The number of rotatable bonds is 6. The molecule has 0 spiro atoms. The fourth-order valence-electron chi connectivity index (χ4n) is 1.48. The fraction of sp³-hybridized carbons (Fsp3) is 0.400. The molecule has 0 saturated heterocycles. The van der Waals surface area contributed by atoms with Gasteiger partial charge in [-0.3, -0.25) is 10.1 Å². The lowest BCUT2D eigenvalue weighted by Crippen LogP contribution is -2.32. The molecule has 21 heavy (non-hydrogen) atoms. The number of sulfonamides is 1. The SMILES string of the molecule is CN(CCS(C)(=O)=O)S(=O)(=O)c1ccc(N)cc1[N+](=O)[O-]. The van der Waals surface area contributed by atoms with Gasteiger partial charge in [-0.2, -0.15) is 4.31 Å². The van der Waals surface area contributed by atoms with E-state index in [2.05, 4.69) is 0 Å². The first-order chi connectivity index (χ1) is 9.45. The molecule has 2 N–H and O–H groups in total. The Kier molecular flexibility index (Phi) is 4.91. The molecule has 0 unspecified atom stereocenters. The summed E-state index contributed by atoms with van der Waals surface area (Å²) in [6.45, 7) is -0.303. The van der Waals surface area contributed by atoms with E-state index >= 15 is 0 Å². The molecule has 0 aliphatic heterocycles. The zero-order valence-electron chi connectivity index (χ0n) is 11.4. The van der Waals surface area contributed by atoms with Crippen molar-refractivity contribution in [2.24, 2.45) is 0 Å². The molecule has 0 aliphatic rings. The third kappa shape index (κ3) is 4.37. The van der Waals surface area contributed by atoms with Crippen LogP contribution in [-0.2, 0) is 19.9 Å². The lowest BCUT2D eigenvalue weighted by molar-refractivity contribution is -0.387. The first-order valence-electron chi connectivity index (χ1n) is 5.63. The van der Waals surface area contributed by atoms with Crippen molar-refractivity contribution < 1.29 is 21.8 Å². The van der Waals surface area contributed by atoms with Crippen molar-refractivity contribution in [1.29, 1.82) is 0 Å². The molecule has 0 saturated carbocycles. The van der Waals surface area contributed by atoms with Crippen LogP contribution in [0, 0.1) is 10.1 Å². The van der Waals surface area contributed by atoms with Crippen LogP contribution in [-0.4, -0.2) is 51.7 Å². The number of nitrogens with zero attached hydrogens (tertiary/aromatic N) is 2. The van der Waals surface area contributed by atoms with Crippen molar-refractivity contribution in [3.63, 3.8) is 0 Å². The predicted molar refractivity (Wildman–Crippen MR) is 77.0 cm³/mol. The van der Waals surface area contributed by atoms with Gasteiger partial charge in [-0.1, -0.05) is 0 Å². The van der Waals surface area contributed by atoms with Crippen molar-refractivity contribution in [2.75, 3.05) is 31.3 Å². The second-order valence-electron chi connectivity index (χ2n) is 4.44. The van der Waals surface area contributed by atoms with Gasteiger partial charge in [0, 0.05) is 31.6 Å². The minimum absolute atomic E-state index is 0.0550. The molecule has 0 fully saturated rings.